The first-order valence-electron chi connectivity index (χ1n) is 31.5. The zero-order chi connectivity index (χ0) is 51.4. The normalized spacial score (nSPS) is 12.2. The molecule has 0 spiro atoms. The molecule has 0 rings (SSSR count). The summed E-state index contributed by atoms with van der Waals surface area (Å²) in [6, 6.07) is 0. The lowest BCUT2D eigenvalue weighted by Gasteiger charge is -2.18. The van der Waals surface area contributed by atoms with Gasteiger partial charge in [-0.2, -0.15) is 0 Å². The van der Waals surface area contributed by atoms with Crippen LogP contribution in [0.25, 0.3) is 0 Å². The molecule has 0 N–H and O–H groups in total. The Morgan fingerprint density at radius 1 is 0.282 bits per heavy atom. The van der Waals surface area contributed by atoms with E-state index in [0.29, 0.717) is 19.3 Å². The minimum absolute atomic E-state index is 0.0744. The Balaban J connectivity index is 4.32. The number of hydrogen-bond donors (Lipinski definition) is 0. The molecule has 0 bridgehead atoms. The highest BCUT2D eigenvalue weighted by atomic mass is 16.6. The van der Waals surface area contributed by atoms with Crippen LogP contribution in [0.15, 0.2) is 36.5 Å². The number of allylic oxidation sites excluding steroid dienone is 6. The van der Waals surface area contributed by atoms with E-state index in [9.17, 15) is 14.4 Å². The van der Waals surface area contributed by atoms with E-state index in [1.165, 1.54) is 225 Å². The molecule has 0 aliphatic carbocycles. The van der Waals surface area contributed by atoms with Gasteiger partial charge in [0, 0.05) is 19.3 Å². The van der Waals surface area contributed by atoms with Crippen LogP contribution in [0, 0.1) is 0 Å². The van der Waals surface area contributed by atoms with Gasteiger partial charge in [0.15, 0.2) is 6.10 Å². The van der Waals surface area contributed by atoms with E-state index in [-0.39, 0.29) is 31.1 Å². The fourth-order valence-electron chi connectivity index (χ4n) is 9.35. The molecule has 1 unspecified atom stereocenters. The Hall–Kier alpha value is -2.37. The van der Waals surface area contributed by atoms with Gasteiger partial charge in [0.05, 0.1) is 0 Å². The van der Waals surface area contributed by atoms with Gasteiger partial charge in [-0.15, -0.1) is 0 Å². The molecular formula is C65H120O6. The van der Waals surface area contributed by atoms with Gasteiger partial charge in [-0.1, -0.05) is 282 Å². The predicted octanol–water partition coefficient (Wildman–Crippen LogP) is 21.2. The lowest BCUT2D eigenvalue weighted by atomic mass is 10.0. The topological polar surface area (TPSA) is 78.9 Å². The maximum Gasteiger partial charge on any atom is 0.306 e. The maximum absolute atomic E-state index is 12.9. The van der Waals surface area contributed by atoms with Gasteiger partial charge in [-0.3, -0.25) is 14.4 Å². The first-order chi connectivity index (χ1) is 35.0. The van der Waals surface area contributed by atoms with Crippen LogP contribution in [0.2, 0.25) is 0 Å². The van der Waals surface area contributed by atoms with Crippen molar-refractivity contribution in [2.45, 2.75) is 348 Å². The standard InChI is InChI=1S/C65H120O6/c1-4-7-10-13-16-19-22-25-28-30-31-32-33-35-37-40-43-46-49-52-55-58-64(67)70-61-62(60-69-63(66)57-54-51-48-45-42-39-36-27-24-21-18-15-12-9-6-3)71-65(68)59-56-53-50-47-44-41-38-34-29-26-23-20-17-14-11-8-5-2/h18,21,26-27,29,36,62H,4-17,19-20,22-25,28,30-35,37-61H2,1-3H3/b21-18-,29-26-,36-27-. The fourth-order valence-corrected chi connectivity index (χ4v) is 9.35. The van der Waals surface area contributed by atoms with Crippen molar-refractivity contribution in [1.29, 1.82) is 0 Å². The predicted molar refractivity (Wildman–Crippen MR) is 307 cm³/mol. The number of ether oxygens (including phenoxy) is 3. The van der Waals surface area contributed by atoms with E-state index in [1.807, 2.05) is 0 Å². The quantitative estimate of drug-likeness (QED) is 0.0261. The van der Waals surface area contributed by atoms with E-state index in [1.54, 1.807) is 0 Å². The largest absolute Gasteiger partial charge is 0.462 e. The van der Waals surface area contributed by atoms with Gasteiger partial charge in [0.1, 0.15) is 13.2 Å². The minimum atomic E-state index is -0.778. The number of carbonyl (C=O) groups excluding carboxylic acids is 3. The smallest absolute Gasteiger partial charge is 0.306 e. The summed E-state index contributed by atoms with van der Waals surface area (Å²) in [5.41, 5.74) is 0. The van der Waals surface area contributed by atoms with Gasteiger partial charge in [-0.25, -0.2) is 0 Å². The molecular weight excluding hydrogens is 877 g/mol. The molecule has 0 aliphatic rings. The molecule has 0 aromatic heterocycles. The summed E-state index contributed by atoms with van der Waals surface area (Å²) < 4.78 is 16.9. The molecule has 0 heterocycles. The molecule has 0 saturated carbocycles. The Bertz CT molecular complexity index is 1190. The number of unbranched alkanes of at least 4 members (excludes halogenated alkanes) is 41. The lowest BCUT2D eigenvalue weighted by Crippen LogP contribution is -2.30. The summed E-state index contributed by atoms with van der Waals surface area (Å²) in [4.78, 5) is 38.3. The third kappa shape index (κ3) is 58.4. The zero-order valence-corrected chi connectivity index (χ0v) is 47.8. The van der Waals surface area contributed by atoms with E-state index in [0.717, 1.165) is 77.0 Å². The molecule has 0 radical (unpaired) electrons. The van der Waals surface area contributed by atoms with Crippen molar-refractivity contribution in [2.75, 3.05) is 13.2 Å². The number of carbonyl (C=O) groups is 3. The Kier molecular flexibility index (Phi) is 58.2. The molecule has 0 aromatic rings. The van der Waals surface area contributed by atoms with E-state index < -0.39 is 6.10 Å². The number of rotatable bonds is 58. The second-order valence-electron chi connectivity index (χ2n) is 21.3. The summed E-state index contributed by atoms with van der Waals surface area (Å²) in [6.45, 7) is 6.65. The van der Waals surface area contributed by atoms with E-state index in [2.05, 4.69) is 57.2 Å². The van der Waals surface area contributed by atoms with Crippen molar-refractivity contribution in [3.05, 3.63) is 36.5 Å². The second kappa shape index (κ2) is 60.2. The highest BCUT2D eigenvalue weighted by Gasteiger charge is 2.19. The summed E-state index contributed by atoms with van der Waals surface area (Å²) in [7, 11) is 0. The van der Waals surface area contributed by atoms with Crippen LogP contribution in [0.4, 0.5) is 0 Å². The van der Waals surface area contributed by atoms with Crippen LogP contribution in [-0.4, -0.2) is 37.2 Å². The van der Waals surface area contributed by atoms with Crippen molar-refractivity contribution in [2.24, 2.45) is 0 Å². The van der Waals surface area contributed by atoms with E-state index >= 15 is 0 Å². The number of esters is 3. The second-order valence-corrected chi connectivity index (χ2v) is 21.3. The maximum atomic E-state index is 12.9. The highest BCUT2D eigenvalue weighted by molar-refractivity contribution is 5.71. The molecule has 6 nitrogen and oxygen atoms in total. The average Bonchev–Trinajstić information content (AvgIpc) is 3.37. The minimum Gasteiger partial charge on any atom is -0.462 e. The first-order valence-corrected chi connectivity index (χ1v) is 31.5. The van der Waals surface area contributed by atoms with Crippen molar-refractivity contribution in [3.8, 4) is 0 Å². The molecule has 0 fully saturated rings. The van der Waals surface area contributed by atoms with Gasteiger partial charge < -0.3 is 14.2 Å². The lowest BCUT2D eigenvalue weighted by molar-refractivity contribution is -0.167. The van der Waals surface area contributed by atoms with Gasteiger partial charge in [0.25, 0.3) is 0 Å². The third-order valence-corrected chi connectivity index (χ3v) is 14.1. The Labute approximate surface area is 442 Å². The molecule has 0 aromatic carbocycles. The van der Waals surface area contributed by atoms with Crippen LogP contribution >= 0.6 is 0 Å². The summed E-state index contributed by atoms with van der Waals surface area (Å²) in [5.74, 6) is -0.871. The summed E-state index contributed by atoms with van der Waals surface area (Å²) >= 11 is 0. The third-order valence-electron chi connectivity index (χ3n) is 14.1. The van der Waals surface area contributed by atoms with Gasteiger partial charge in [-0.05, 0) is 77.0 Å². The monoisotopic (exact) mass is 997 g/mol. The van der Waals surface area contributed by atoms with E-state index in [4.69, 9.17) is 14.2 Å². The van der Waals surface area contributed by atoms with Gasteiger partial charge in [0.2, 0.25) is 0 Å². The highest BCUT2D eigenvalue weighted by Crippen LogP contribution is 2.17. The molecule has 0 amide bonds. The zero-order valence-electron chi connectivity index (χ0n) is 47.8. The number of hydrogen-bond acceptors (Lipinski definition) is 6. The van der Waals surface area contributed by atoms with Crippen molar-refractivity contribution in [1.82, 2.24) is 0 Å². The molecule has 1 atom stereocenters. The van der Waals surface area contributed by atoms with Crippen LogP contribution < -0.4 is 0 Å². The van der Waals surface area contributed by atoms with Crippen LogP contribution in [0.3, 0.4) is 0 Å². The fraction of sp³-hybridized carbons (Fsp3) is 0.862. The Morgan fingerprint density at radius 2 is 0.507 bits per heavy atom. The SMILES string of the molecule is CCCCC/C=C\C/C=C\CCCCCCCC(=O)OCC(COC(=O)CCCCCCCCCCCCCCCCCCCCCCC)OC(=O)CCCCCCCCC/C=C\CCCCCCCC. The average molecular weight is 998 g/mol. The van der Waals surface area contributed by atoms with Crippen LogP contribution in [0.5, 0.6) is 0 Å². The molecule has 6 heteroatoms. The molecule has 0 saturated heterocycles. The van der Waals surface area contributed by atoms with Crippen LogP contribution in [-0.2, 0) is 28.6 Å². The summed E-state index contributed by atoms with van der Waals surface area (Å²) in [6.07, 6.45) is 72.9. The van der Waals surface area contributed by atoms with Crippen molar-refractivity contribution < 1.29 is 28.6 Å². The first kappa shape index (κ1) is 68.6. The van der Waals surface area contributed by atoms with Gasteiger partial charge >= 0.3 is 17.9 Å². The van der Waals surface area contributed by atoms with Crippen LogP contribution in [0.1, 0.15) is 342 Å². The Morgan fingerprint density at radius 3 is 0.817 bits per heavy atom. The molecule has 416 valence electrons. The van der Waals surface area contributed by atoms with Crippen molar-refractivity contribution in [3.63, 3.8) is 0 Å². The molecule has 0 aliphatic heterocycles. The van der Waals surface area contributed by atoms with Crippen molar-refractivity contribution >= 4 is 17.9 Å². The molecule has 71 heavy (non-hydrogen) atoms. The summed E-state index contributed by atoms with van der Waals surface area (Å²) in [5, 5.41) is 0.